The summed E-state index contributed by atoms with van der Waals surface area (Å²) in [5, 5.41) is 5.83. The van der Waals surface area contributed by atoms with E-state index in [4.69, 9.17) is 0 Å². The molecule has 3 rings (SSSR count). The molecule has 0 saturated heterocycles. The van der Waals surface area contributed by atoms with Gasteiger partial charge >= 0.3 is 0 Å². The zero-order valence-corrected chi connectivity index (χ0v) is 18.7. The topological polar surface area (TPSA) is 58.2 Å². The highest BCUT2D eigenvalue weighted by molar-refractivity contribution is 14.1. The predicted octanol–water partition coefficient (Wildman–Crippen LogP) is 4.89. The molecule has 0 radical (unpaired) electrons. The van der Waals surface area contributed by atoms with Crippen LogP contribution >= 0.6 is 45.2 Å². The third-order valence-electron chi connectivity index (χ3n) is 4.48. The second kappa shape index (κ2) is 7.67. The first-order valence-electron chi connectivity index (χ1n) is 8.10. The lowest BCUT2D eigenvalue weighted by Gasteiger charge is -2.10. The Morgan fingerprint density at radius 2 is 1.23 bits per heavy atom. The van der Waals surface area contributed by atoms with E-state index in [2.05, 4.69) is 62.4 Å². The molecule has 26 heavy (non-hydrogen) atoms. The maximum absolute atomic E-state index is 12.5. The first-order valence-corrected chi connectivity index (χ1v) is 10.3. The maximum Gasteiger partial charge on any atom is 0.232 e. The Bertz CT molecular complexity index is 851. The second-order valence-electron chi connectivity index (χ2n) is 6.43. The number of carbonyl (C=O) groups is 2. The van der Waals surface area contributed by atoms with Crippen molar-refractivity contribution in [1.82, 2.24) is 0 Å². The van der Waals surface area contributed by atoms with Crippen molar-refractivity contribution in [2.45, 2.75) is 13.8 Å². The van der Waals surface area contributed by atoms with Gasteiger partial charge in [0, 0.05) is 18.5 Å². The summed E-state index contributed by atoms with van der Waals surface area (Å²) >= 11 is 4.46. The number of anilines is 2. The third-order valence-corrected chi connectivity index (χ3v) is 5.82. The normalized spacial score (nSPS) is 18.4. The number of rotatable bonds is 4. The predicted molar refractivity (Wildman–Crippen MR) is 121 cm³/mol. The Labute approximate surface area is 180 Å². The quantitative estimate of drug-likeness (QED) is 0.405. The van der Waals surface area contributed by atoms with Gasteiger partial charge in [-0.15, -0.1) is 0 Å². The number of benzene rings is 2. The number of nitrogens with one attached hydrogen (secondary N) is 2. The van der Waals surface area contributed by atoms with Crippen LogP contribution in [-0.4, -0.2) is 11.8 Å². The molecule has 134 valence electrons. The van der Waals surface area contributed by atoms with Gasteiger partial charge in [-0.1, -0.05) is 12.2 Å². The van der Waals surface area contributed by atoms with Crippen molar-refractivity contribution in [2.24, 2.45) is 11.8 Å². The first-order chi connectivity index (χ1) is 12.3. The molecule has 1 fully saturated rings. The number of carbonyl (C=O) groups excluding carboxylic acids is 2. The minimum Gasteiger partial charge on any atom is -0.325 e. The number of aryl methyl sites for hydroxylation is 2. The summed E-state index contributed by atoms with van der Waals surface area (Å²) in [5.41, 5.74) is 4.18. The Hall–Kier alpha value is -1.42. The summed E-state index contributed by atoms with van der Waals surface area (Å²) in [6, 6.07) is 11.6. The van der Waals surface area contributed by atoms with Gasteiger partial charge in [-0.05, 0) is 107 Å². The molecule has 4 nitrogen and oxygen atoms in total. The molecule has 2 aromatic rings. The summed E-state index contributed by atoms with van der Waals surface area (Å²) < 4.78 is 2.22. The highest BCUT2D eigenvalue weighted by atomic mass is 127. The van der Waals surface area contributed by atoms with Gasteiger partial charge in [-0.25, -0.2) is 0 Å². The standard InChI is InChI=1S/C20H18I2N2O2/c1-10-8-13(21)4-6-15(10)23-19(25)17-12(3)18(17)20(26)24-16-7-5-14(22)9-11(16)2/h4-9,17-18H,3H2,1-2H3,(H,23,25)(H,24,26)/t17-,18?/m0/s1. The number of amides is 2. The lowest BCUT2D eigenvalue weighted by atomic mass is 10.2. The molecular formula is C20H18I2N2O2. The Kier molecular flexibility index (Phi) is 5.71. The maximum atomic E-state index is 12.5. The van der Waals surface area contributed by atoms with E-state index in [0.29, 0.717) is 5.57 Å². The zero-order valence-electron chi connectivity index (χ0n) is 14.4. The van der Waals surface area contributed by atoms with Gasteiger partial charge < -0.3 is 10.6 Å². The van der Waals surface area contributed by atoms with Crippen LogP contribution in [0.3, 0.4) is 0 Å². The monoisotopic (exact) mass is 572 g/mol. The molecule has 2 amide bonds. The highest BCUT2D eigenvalue weighted by Crippen LogP contribution is 2.46. The van der Waals surface area contributed by atoms with Crippen LogP contribution < -0.4 is 10.6 Å². The molecule has 0 spiro atoms. The highest BCUT2D eigenvalue weighted by Gasteiger charge is 2.52. The van der Waals surface area contributed by atoms with Gasteiger partial charge in [0.05, 0.1) is 11.8 Å². The van der Waals surface area contributed by atoms with Crippen molar-refractivity contribution in [3.63, 3.8) is 0 Å². The third kappa shape index (κ3) is 4.11. The molecule has 0 aliphatic heterocycles. The Balaban J connectivity index is 1.66. The molecule has 2 aromatic carbocycles. The fraction of sp³-hybridized carbons (Fsp3) is 0.200. The first kappa shape index (κ1) is 19.3. The number of halogens is 2. The van der Waals surface area contributed by atoms with Crippen molar-refractivity contribution in [3.05, 3.63) is 66.8 Å². The fourth-order valence-corrected chi connectivity index (χ4v) is 4.20. The number of hydrogen-bond acceptors (Lipinski definition) is 2. The van der Waals surface area contributed by atoms with Gasteiger partial charge in [0.15, 0.2) is 0 Å². The summed E-state index contributed by atoms with van der Waals surface area (Å²) in [6.07, 6.45) is 0. The van der Waals surface area contributed by atoms with Crippen LogP contribution in [0.2, 0.25) is 0 Å². The van der Waals surface area contributed by atoms with E-state index in [-0.39, 0.29) is 11.8 Å². The second-order valence-corrected chi connectivity index (χ2v) is 8.92. The molecule has 0 aromatic heterocycles. The molecule has 1 saturated carbocycles. The minimum absolute atomic E-state index is 0.182. The fourth-order valence-electron chi connectivity index (χ4n) is 2.91. The zero-order chi connectivity index (χ0) is 19.0. The lowest BCUT2D eigenvalue weighted by Crippen LogP contribution is -2.21. The van der Waals surface area contributed by atoms with Crippen LogP contribution in [-0.2, 0) is 9.59 Å². The van der Waals surface area contributed by atoms with E-state index < -0.39 is 11.8 Å². The molecule has 0 bridgehead atoms. The van der Waals surface area contributed by atoms with Crippen LogP contribution in [0.25, 0.3) is 0 Å². The molecule has 2 N–H and O–H groups in total. The van der Waals surface area contributed by atoms with Crippen molar-refractivity contribution in [1.29, 1.82) is 0 Å². The largest absolute Gasteiger partial charge is 0.325 e. The number of hydrogen-bond donors (Lipinski definition) is 2. The Morgan fingerprint density at radius 3 is 1.58 bits per heavy atom. The molecule has 6 heteroatoms. The summed E-state index contributed by atoms with van der Waals surface area (Å²) in [7, 11) is 0. The van der Waals surface area contributed by atoms with E-state index in [1.807, 2.05) is 50.2 Å². The lowest BCUT2D eigenvalue weighted by molar-refractivity contribution is -0.122. The molecule has 1 unspecified atom stereocenters. The summed E-state index contributed by atoms with van der Waals surface area (Å²) in [5.74, 6) is -1.31. The van der Waals surface area contributed by atoms with Crippen LogP contribution in [0.4, 0.5) is 11.4 Å². The molecule has 1 aliphatic carbocycles. The van der Waals surface area contributed by atoms with Gasteiger partial charge in [0.1, 0.15) is 0 Å². The Morgan fingerprint density at radius 1 is 0.846 bits per heavy atom. The van der Waals surface area contributed by atoms with Crippen molar-refractivity contribution in [2.75, 3.05) is 10.6 Å². The van der Waals surface area contributed by atoms with Gasteiger partial charge in [0.2, 0.25) is 11.8 Å². The average Bonchev–Trinajstić information content (AvgIpc) is 3.24. The van der Waals surface area contributed by atoms with Crippen LogP contribution in [0, 0.1) is 32.8 Å². The van der Waals surface area contributed by atoms with Crippen molar-refractivity contribution < 1.29 is 9.59 Å². The van der Waals surface area contributed by atoms with E-state index >= 15 is 0 Å². The molecule has 0 heterocycles. The van der Waals surface area contributed by atoms with Crippen LogP contribution in [0.5, 0.6) is 0 Å². The van der Waals surface area contributed by atoms with Crippen LogP contribution in [0.1, 0.15) is 11.1 Å². The summed E-state index contributed by atoms with van der Waals surface area (Å²) in [6.45, 7) is 7.80. The smallest absolute Gasteiger partial charge is 0.232 e. The van der Waals surface area contributed by atoms with Gasteiger partial charge in [0.25, 0.3) is 0 Å². The minimum atomic E-state index is -0.474. The van der Waals surface area contributed by atoms with Crippen molar-refractivity contribution >= 4 is 68.4 Å². The molecule has 2 atom stereocenters. The van der Waals surface area contributed by atoms with E-state index in [1.165, 1.54) is 0 Å². The SMILES string of the molecule is C=C1C(C(=O)Nc2ccc(I)cc2C)[C@H]1C(=O)Nc1ccc(I)cc1C. The van der Waals surface area contributed by atoms with Crippen LogP contribution in [0.15, 0.2) is 48.6 Å². The van der Waals surface area contributed by atoms with Gasteiger partial charge in [-0.2, -0.15) is 0 Å². The van der Waals surface area contributed by atoms with E-state index in [1.54, 1.807) is 0 Å². The van der Waals surface area contributed by atoms with Crippen molar-refractivity contribution in [3.8, 4) is 0 Å². The van der Waals surface area contributed by atoms with E-state index in [9.17, 15) is 9.59 Å². The average molecular weight is 572 g/mol. The molecule has 1 aliphatic rings. The van der Waals surface area contributed by atoms with E-state index in [0.717, 1.165) is 29.6 Å². The van der Waals surface area contributed by atoms with Gasteiger partial charge in [-0.3, -0.25) is 9.59 Å². The molecular weight excluding hydrogens is 554 g/mol. The summed E-state index contributed by atoms with van der Waals surface area (Å²) in [4.78, 5) is 25.1.